The highest BCUT2D eigenvalue weighted by Gasteiger charge is 2.06. The Morgan fingerprint density at radius 2 is 2.36 bits per heavy atom. The van der Waals surface area contributed by atoms with Gasteiger partial charge in [-0.3, -0.25) is 5.10 Å². The number of rotatable bonds is 3. The van der Waals surface area contributed by atoms with Crippen molar-refractivity contribution in [2.45, 2.75) is 13.3 Å². The molecule has 4 heteroatoms. The molecule has 0 amide bonds. The molecule has 0 radical (unpaired) electrons. The van der Waals surface area contributed by atoms with Gasteiger partial charge in [0.15, 0.2) is 5.76 Å². The van der Waals surface area contributed by atoms with Gasteiger partial charge in [0.2, 0.25) is 0 Å². The number of hydrogen-bond donors (Lipinski definition) is 2. The van der Waals surface area contributed by atoms with Crippen LogP contribution in [0.4, 0.5) is 0 Å². The van der Waals surface area contributed by atoms with Gasteiger partial charge in [0.1, 0.15) is 11.5 Å². The predicted molar refractivity (Wildman–Crippen MR) is 53.8 cm³/mol. The molecule has 3 N–H and O–H groups in total. The third-order valence-corrected chi connectivity index (χ3v) is 2.04. The number of hydrogen-bond acceptors (Lipinski definition) is 3. The molecule has 0 fully saturated rings. The second kappa shape index (κ2) is 3.67. The highest BCUT2D eigenvalue weighted by molar-refractivity contribution is 5.52. The van der Waals surface area contributed by atoms with E-state index in [0.29, 0.717) is 6.54 Å². The molecular formula is C10H13N3O. The highest BCUT2D eigenvalue weighted by Crippen LogP contribution is 2.20. The summed E-state index contributed by atoms with van der Waals surface area (Å²) in [6, 6.07) is 5.80. The number of aryl methyl sites for hydroxylation is 1. The Balaban J connectivity index is 2.24. The molecule has 0 saturated carbocycles. The lowest BCUT2D eigenvalue weighted by Crippen LogP contribution is -2.02. The molecule has 0 atom stereocenters. The van der Waals surface area contributed by atoms with E-state index in [1.54, 1.807) is 0 Å². The van der Waals surface area contributed by atoms with Crippen molar-refractivity contribution in [1.82, 2.24) is 10.2 Å². The van der Waals surface area contributed by atoms with E-state index in [-0.39, 0.29) is 0 Å². The predicted octanol–water partition coefficient (Wildman–Crippen LogP) is 1.48. The second-order valence-electron chi connectivity index (χ2n) is 3.23. The fourth-order valence-corrected chi connectivity index (χ4v) is 1.34. The quantitative estimate of drug-likeness (QED) is 0.772. The molecule has 2 aromatic heterocycles. The van der Waals surface area contributed by atoms with Gasteiger partial charge in [-0.25, -0.2) is 0 Å². The van der Waals surface area contributed by atoms with Gasteiger partial charge in [-0.15, -0.1) is 0 Å². The number of furan rings is 1. The average molecular weight is 191 g/mol. The molecule has 4 nitrogen and oxygen atoms in total. The minimum atomic E-state index is 0.624. The lowest BCUT2D eigenvalue weighted by molar-refractivity contribution is 0.546. The van der Waals surface area contributed by atoms with Crippen LogP contribution in [-0.2, 0) is 6.42 Å². The average Bonchev–Trinajstić information content (AvgIpc) is 2.74. The number of nitrogens with one attached hydrogen (secondary N) is 1. The first-order valence-electron chi connectivity index (χ1n) is 4.61. The maximum atomic E-state index is 5.45. The van der Waals surface area contributed by atoms with Crippen LogP contribution in [0.3, 0.4) is 0 Å². The molecule has 0 aromatic carbocycles. The van der Waals surface area contributed by atoms with E-state index in [4.69, 9.17) is 10.2 Å². The van der Waals surface area contributed by atoms with Gasteiger partial charge in [0.05, 0.1) is 0 Å². The van der Waals surface area contributed by atoms with Crippen molar-refractivity contribution in [3.05, 3.63) is 29.7 Å². The van der Waals surface area contributed by atoms with E-state index in [9.17, 15) is 0 Å². The standard InChI is InChI=1S/C10H13N3O/c1-7-2-3-10(14-7)9-6-8(4-5-11)12-13-9/h2-3,6H,4-5,11H2,1H3,(H,12,13). The molecule has 14 heavy (non-hydrogen) atoms. The molecule has 2 heterocycles. The zero-order chi connectivity index (χ0) is 9.97. The summed E-state index contributed by atoms with van der Waals surface area (Å²) < 4.78 is 5.45. The summed E-state index contributed by atoms with van der Waals surface area (Å²) in [6.07, 6.45) is 0.812. The summed E-state index contributed by atoms with van der Waals surface area (Å²) >= 11 is 0. The van der Waals surface area contributed by atoms with Crippen molar-refractivity contribution in [3.63, 3.8) is 0 Å². The molecule has 0 aliphatic carbocycles. The van der Waals surface area contributed by atoms with Crippen molar-refractivity contribution in [2.75, 3.05) is 6.54 Å². The van der Waals surface area contributed by atoms with Crippen molar-refractivity contribution in [2.24, 2.45) is 5.73 Å². The lowest BCUT2D eigenvalue weighted by Gasteiger charge is -1.88. The first kappa shape index (κ1) is 9.02. The van der Waals surface area contributed by atoms with Crippen molar-refractivity contribution in [1.29, 1.82) is 0 Å². The van der Waals surface area contributed by atoms with Gasteiger partial charge in [-0.05, 0) is 31.7 Å². The SMILES string of the molecule is Cc1ccc(-c2cc(CCN)[nH]n2)o1. The molecule has 2 aromatic rings. The van der Waals surface area contributed by atoms with Crippen LogP contribution in [0.1, 0.15) is 11.5 Å². The molecule has 0 aliphatic heterocycles. The Morgan fingerprint density at radius 3 is 3.00 bits per heavy atom. The molecule has 0 spiro atoms. The summed E-state index contributed by atoms with van der Waals surface area (Å²) in [5.74, 6) is 1.69. The van der Waals surface area contributed by atoms with E-state index < -0.39 is 0 Å². The number of aromatic amines is 1. The Morgan fingerprint density at radius 1 is 1.50 bits per heavy atom. The Labute approximate surface area is 82.1 Å². The maximum absolute atomic E-state index is 5.45. The molecule has 0 bridgehead atoms. The van der Waals surface area contributed by atoms with Gasteiger partial charge in [-0.1, -0.05) is 0 Å². The number of aromatic nitrogens is 2. The monoisotopic (exact) mass is 191 g/mol. The minimum Gasteiger partial charge on any atom is -0.460 e. The van der Waals surface area contributed by atoms with Crippen molar-refractivity contribution >= 4 is 0 Å². The largest absolute Gasteiger partial charge is 0.460 e. The third-order valence-electron chi connectivity index (χ3n) is 2.04. The van der Waals surface area contributed by atoms with Crippen LogP contribution in [0, 0.1) is 6.92 Å². The van der Waals surface area contributed by atoms with Crippen LogP contribution in [-0.4, -0.2) is 16.7 Å². The molecular weight excluding hydrogens is 178 g/mol. The topological polar surface area (TPSA) is 67.8 Å². The highest BCUT2D eigenvalue weighted by atomic mass is 16.3. The Kier molecular flexibility index (Phi) is 2.37. The van der Waals surface area contributed by atoms with E-state index in [1.165, 1.54) is 0 Å². The van der Waals surface area contributed by atoms with Crippen LogP contribution >= 0.6 is 0 Å². The molecule has 0 aliphatic rings. The number of H-pyrrole nitrogens is 1. The summed E-state index contributed by atoms with van der Waals surface area (Å²) in [7, 11) is 0. The van der Waals surface area contributed by atoms with Crippen LogP contribution in [0.2, 0.25) is 0 Å². The van der Waals surface area contributed by atoms with Crippen LogP contribution in [0.5, 0.6) is 0 Å². The summed E-state index contributed by atoms with van der Waals surface area (Å²) in [5, 5.41) is 7.07. The maximum Gasteiger partial charge on any atom is 0.154 e. The second-order valence-corrected chi connectivity index (χ2v) is 3.23. The normalized spacial score (nSPS) is 10.7. The summed E-state index contributed by atoms with van der Waals surface area (Å²) in [6.45, 7) is 2.54. The number of nitrogens with two attached hydrogens (primary N) is 1. The molecule has 0 unspecified atom stereocenters. The van der Waals surface area contributed by atoms with Crippen molar-refractivity contribution < 1.29 is 4.42 Å². The zero-order valence-electron chi connectivity index (χ0n) is 8.08. The smallest absolute Gasteiger partial charge is 0.154 e. The van der Waals surface area contributed by atoms with Crippen LogP contribution < -0.4 is 5.73 Å². The van der Waals surface area contributed by atoms with E-state index in [1.807, 2.05) is 25.1 Å². The van der Waals surface area contributed by atoms with Gasteiger partial charge in [0, 0.05) is 12.1 Å². The fraction of sp³-hybridized carbons (Fsp3) is 0.300. The zero-order valence-corrected chi connectivity index (χ0v) is 8.08. The van der Waals surface area contributed by atoms with E-state index in [0.717, 1.165) is 29.3 Å². The van der Waals surface area contributed by atoms with Crippen LogP contribution in [0.15, 0.2) is 22.6 Å². The Bertz CT molecular complexity index is 416. The Hall–Kier alpha value is -1.55. The van der Waals surface area contributed by atoms with Gasteiger partial charge >= 0.3 is 0 Å². The molecule has 2 rings (SSSR count). The molecule has 74 valence electrons. The first-order chi connectivity index (χ1) is 6.79. The first-order valence-corrected chi connectivity index (χ1v) is 4.61. The minimum absolute atomic E-state index is 0.624. The summed E-state index contributed by atoms with van der Waals surface area (Å²) in [4.78, 5) is 0. The van der Waals surface area contributed by atoms with Gasteiger partial charge < -0.3 is 10.2 Å². The lowest BCUT2D eigenvalue weighted by atomic mass is 10.2. The van der Waals surface area contributed by atoms with E-state index >= 15 is 0 Å². The fourth-order valence-electron chi connectivity index (χ4n) is 1.34. The third kappa shape index (κ3) is 1.70. The summed E-state index contributed by atoms with van der Waals surface area (Å²) in [5.41, 5.74) is 7.31. The van der Waals surface area contributed by atoms with E-state index in [2.05, 4.69) is 10.2 Å². The van der Waals surface area contributed by atoms with Crippen molar-refractivity contribution in [3.8, 4) is 11.5 Å². The molecule has 0 saturated heterocycles. The van der Waals surface area contributed by atoms with Crippen LogP contribution in [0.25, 0.3) is 11.5 Å². The van der Waals surface area contributed by atoms with Gasteiger partial charge in [0.25, 0.3) is 0 Å². The van der Waals surface area contributed by atoms with Gasteiger partial charge in [-0.2, -0.15) is 5.10 Å². The number of nitrogens with zero attached hydrogens (tertiary/aromatic N) is 1.